The Hall–Kier alpha value is -2.37. The minimum Gasteiger partial charge on any atom is -0.389 e. The molecular weight excluding hydrogens is 350 g/mol. The summed E-state index contributed by atoms with van der Waals surface area (Å²) in [5.74, 6) is 0.598. The number of benzene rings is 2. The molecule has 2 aromatic carbocycles. The highest BCUT2D eigenvalue weighted by atomic mass is 35.5. The van der Waals surface area contributed by atoms with Gasteiger partial charge in [0.1, 0.15) is 0 Å². The highest BCUT2D eigenvalue weighted by molar-refractivity contribution is 6.30. The fraction of sp³-hybridized carbons (Fsp3) is 0.300. The predicted octanol–water partition coefficient (Wildman–Crippen LogP) is 3.47. The number of aliphatic hydroxyl groups excluding tert-OH is 1. The number of rotatable bonds is 2. The lowest BCUT2D eigenvalue weighted by Gasteiger charge is -2.21. The summed E-state index contributed by atoms with van der Waals surface area (Å²) in [6.45, 7) is 4.94. The standard InChI is InChI=1S/C20H20ClN3O2/c1-11-6-16(12(2)25)18-17(7-11)19(26)23(3)20(22-18)24-9-13-4-5-15(21)8-14(13)10-24/h4-8,12,25H,9-10H2,1-3H3. The Kier molecular flexibility index (Phi) is 4.01. The molecule has 6 heteroatoms. The molecule has 1 N–H and O–H groups in total. The number of anilines is 1. The highest BCUT2D eigenvalue weighted by Crippen LogP contribution is 2.30. The Morgan fingerprint density at radius 3 is 2.65 bits per heavy atom. The molecule has 1 aliphatic rings. The molecule has 0 amide bonds. The van der Waals surface area contributed by atoms with E-state index in [0.29, 0.717) is 40.5 Å². The van der Waals surface area contributed by atoms with Gasteiger partial charge in [-0.3, -0.25) is 9.36 Å². The normalized spacial score (nSPS) is 14.7. The van der Waals surface area contributed by atoms with Crippen LogP contribution in [0.1, 0.15) is 35.3 Å². The van der Waals surface area contributed by atoms with Crippen molar-refractivity contribution < 1.29 is 5.11 Å². The lowest BCUT2D eigenvalue weighted by Crippen LogP contribution is -2.28. The van der Waals surface area contributed by atoms with Gasteiger partial charge in [-0.2, -0.15) is 0 Å². The third-order valence-corrected chi connectivity index (χ3v) is 5.19. The molecule has 134 valence electrons. The van der Waals surface area contributed by atoms with Crippen molar-refractivity contribution in [3.8, 4) is 0 Å². The van der Waals surface area contributed by atoms with Gasteiger partial charge in [-0.25, -0.2) is 4.98 Å². The quantitative estimate of drug-likeness (QED) is 0.751. The fourth-order valence-corrected chi connectivity index (χ4v) is 3.84. The Bertz CT molecular complexity index is 1090. The van der Waals surface area contributed by atoms with Crippen molar-refractivity contribution in [1.82, 2.24) is 9.55 Å². The van der Waals surface area contributed by atoms with E-state index in [1.165, 1.54) is 5.56 Å². The zero-order valence-electron chi connectivity index (χ0n) is 15.0. The van der Waals surface area contributed by atoms with Gasteiger partial charge in [0.25, 0.3) is 5.56 Å². The molecule has 0 bridgehead atoms. The minimum absolute atomic E-state index is 0.107. The van der Waals surface area contributed by atoms with Crippen LogP contribution >= 0.6 is 11.6 Å². The molecule has 0 aliphatic carbocycles. The third kappa shape index (κ3) is 2.68. The summed E-state index contributed by atoms with van der Waals surface area (Å²) in [5.41, 5.74) is 4.40. The number of nitrogens with zero attached hydrogens (tertiary/aromatic N) is 3. The zero-order valence-corrected chi connectivity index (χ0v) is 15.7. The van der Waals surface area contributed by atoms with Crippen LogP contribution in [0.4, 0.5) is 5.95 Å². The average molecular weight is 370 g/mol. The first-order valence-electron chi connectivity index (χ1n) is 8.56. The average Bonchev–Trinajstić information content (AvgIpc) is 3.00. The van der Waals surface area contributed by atoms with Gasteiger partial charge in [-0.15, -0.1) is 0 Å². The summed E-state index contributed by atoms with van der Waals surface area (Å²) in [7, 11) is 1.74. The van der Waals surface area contributed by atoms with Crippen molar-refractivity contribution in [2.75, 3.05) is 4.90 Å². The minimum atomic E-state index is -0.695. The Labute approximate surface area is 156 Å². The van der Waals surface area contributed by atoms with Gasteiger partial charge in [0.2, 0.25) is 5.95 Å². The molecule has 5 nitrogen and oxygen atoms in total. The zero-order chi connectivity index (χ0) is 18.6. The molecule has 2 heterocycles. The highest BCUT2D eigenvalue weighted by Gasteiger charge is 2.24. The smallest absolute Gasteiger partial charge is 0.262 e. The first-order valence-corrected chi connectivity index (χ1v) is 8.94. The number of aromatic nitrogens is 2. The lowest BCUT2D eigenvalue weighted by atomic mass is 10.0. The monoisotopic (exact) mass is 369 g/mol. The molecule has 0 radical (unpaired) electrons. The molecule has 1 unspecified atom stereocenters. The maximum atomic E-state index is 13.0. The van der Waals surface area contributed by atoms with E-state index in [-0.39, 0.29) is 5.56 Å². The Balaban J connectivity index is 1.89. The van der Waals surface area contributed by atoms with Crippen LogP contribution in [0, 0.1) is 6.92 Å². The van der Waals surface area contributed by atoms with Crippen molar-refractivity contribution >= 4 is 28.5 Å². The molecule has 1 aromatic heterocycles. The summed E-state index contributed by atoms with van der Waals surface area (Å²) in [6.07, 6.45) is -0.695. The van der Waals surface area contributed by atoms with Crippen LogP contribution < -0.4 is 10.5 Å². The van der Waals surface area contributed by atoms with Crippen molar-refractivity contribution in [1.29, 1.82) is 0 Å². The van der Waals surface area contributed by atoms with Gasteiger partial charge in [0.15, 0.2) is 0 Å². The lowest BCUT2D eigenvalue weighted by molar-refractivity contribution is 0.200. The van der Waals surface area contributed by atoms with Crippen LogP contribution in [0.25, 0.3) is 10.9 Å². The van der Waals surface area contributed by atoms with Crippen molar-refractivity contribution in [2.45, 2.75) is 33.0 Å². The molecule has 1 atom stereocenters. The molecule has 4 rings (SSSR count). The first kappa shape index (κ1) is 17.1. The summed E-state index contributed by atoms with van der Waals surface area (Å²) in [6, 6.07) is 9.58. The van der Waals surface area contributed by atoms with Crippen LogP contribution in [-0.4, -0.2) is 14.7 Å². The summed E-state index contributed by atoms with van der Waals surface area (Å²) >= 11 is 6.10. The van der Waals surface area contributed by atoms with Crippen molar-refractivity contribution in [2.24, 2.45) is 7.05 Å². The number of hydrogen-bond donors (Lipinski definition) is 1. The first-order chi connectivity index (χ1) is 12.3. The molecule has 26 heavy (non-hydrogen) atoms. The van der Waals surface area contributed by atoms with E-state index in [4.69, 9.17) is 16.6 Å². The summed E-state index contributed by atoms with van der Waals surface area (Å²) < 4.78 is 1.58. The molecule has 3 aromatic rings. The van der Waals surface area contributed by atoms with E-state index in [1.54, 1.807) is 18.5 Å². The van der Waals surface area contributed by atoms with Gasteiger partial charge in [0.05, 0.1) is 17.0 Å². The topological polar surface area (TPSA) is 58.4 Å². The number of aryl methyl sites for hydroxylation is 1. The van der Waals surface area contributed by atoms with Crippen LogP contribution in [0.3, 0.4) is 0 Å². The van der Waals surface area contributed by atoms with Crippen molar-refractivity contribution in [3.63, 3.8) is 0 Å². The van der Waals surface area contributed by atoms with E-state index >= 15 is 0 Å². The van der Waals surface area contributed by atoms with Gasteiger partial charge in [-0.1, -0.05) is 23.7 Å². The molecular formula is C20H20ClN3O2. The molecule has 1 aliphatic heterocycles. The second-order valence-corrected chi connectivity index (χ2v) is 7.41. The van der Waals surface area contributed by atoms with E-state index in [0.717, 1.165) is 11.1 Å². The number of hydrogen-bond acceptors (Lipinski definition) is 4. The predicted molar refractivity (Wildman–Crippen MR) is 104 cm³/mol. The summed E-state index contributed by atoms with van der Waals surface area (Å²) in [4.78, 5) is 19.8. The largest absolute Gasteiger partial charge is 0.389 e. The van der Waals surface area contributed by atoms with E-state index in [1.807, 2.05) is 37.3 Å². The second kappa shape index (κ2) is 6.11. The molecule has 0 saturated carbocycles. The van der Waals surface area contributed by atoms with Crippen molar-refractivity contribution in [3.05, 3.63) is 68.0 Å². The SMILES string of the molecule is Cc1cc(C(C)O)c2nc(N3Cc4ccc(Cl)cc4C3)n(C)c(=O)c2c1. The van der Waals surface area contributed by atoms with E-state index < -0.39 is 6.10 Å². The van der Waals surface area contributed by atoms with Crippen LogP contribution in [0.5, 0.6) is 0 Å². The van der Waals surface area contributed by atoms with Crippen LogP contribution in [0.15, 0.2) is 35.1 Å². The third-order valence-electron chi connectivity index (χ3n) is 4.95. The Morgan fingerprint density at radius 2 is 1.92 bits per heavy atom. The molecule has 0 spiro atoms. The van der Waals surface area contributed by atoms with Crippen LogP contribution in [0.2, 0.25) is 5.02 Å². The van der Waals surface area contributed by atoms with Gasteiger partial charge in [0, 0.05) is 30.7 Å². The van der Waals surface area contributed by atoms with E-state index in [2.05, 4.69) is 4.90 Å². The van der Waals surface area contributed by atoms with Crippen LogP contribution in [-0.2, 0) is 20.1 Å². The van der Waals surface area contributed by atoms with E-state index in [9.17, 15) is 9.90 Å². The van der Waals surface area contributed by atoms with Gasteiger partial charge in [-0.05, 0) is 48.7 Å². The Morgan fingerprint density at radius 1 is 1.19 bits per heavy atom. The number of halogens is 1. The number of fused-ring (bicyclic) bond motifs is 2. The van der Waals surface area contributed by atoms with Gasteiger partial charge >= 0.3 is 0 Å². The van der Waals surface area contributed by atoms with Gasteiger partial charge < -0.3 is 10.0 Å². The molecule has 0 fully saturated rings. The summed E-state index contributed by atoms with van der Waals surface area (Å²) in [5, 5.41) is 11.4. The second-order valence-electron chi connectivity index (χ2n) is 6.97. The maximum absolute atomic E-state index is 13.0. The maximum Gasteiger partial charge on any atom is 0.262 e. The number of aliphatic hydroxyl groups is 1. The molecule has 0 saturated heterocycles. The fourth-order valence-electron chi connectivity index (χ4n) is 3.65.